The number of unbranched alkanes of at least 4 members (excludes halogenated alkanes) is 36. The fraction of sp³-hybridized carbons (Fsp3) is 0.882. The fourth-order valence-corrected chi connectivity index (χ4v) is 10.9. The number of carbonyl (C=O) groups is 2. The summed E-state index contributed by atoms with van der Waals surface area (Å²) < 4.78 is 0. The number of nitrogens with one attached hydrogen (secondary N) is 2. The first-order valence-electron chi connectivity index (χ1n) is 33.2. The van der Waals surface area contributed by atoms with Crippen LogP contribution in [-0.4, -0.2) is 47.3 Å². The largest absolute Gasteiger partial charge is 0.394 e. The molecule has 4 atom stereocenters. The van der Waals surface area contributed by atoms with Crippen LogP contribution >= 0.6 is 0 Å². The van der Waals surface area contributed by atoms with Crippen molar-refractivity contribution in [3.63, 3.8) is 0 Å². The van der Waals surface area contributed by atoms with Gasteiger partial charge in [-0.15, -0.1) is 0 Å². The molecule has 0 aliphatic carbocycles. The molecule has 6 nitrogen and oxygen atoms in total. The summed E-state index contributed by atoms with van der Waals surface area (Å²) in [6.45, 7) is 9.63. The van der Waals surface area contributed by atoms with Crippen LogP contribution in [0.2, 0.25) is 0 Å². The summed E-state index contributed by atoms with van der Waals surface area (Å²) in [6.07, 6.45) is 74.0. The average molecular weight is 1040 g/mol. The van der Waals surface area contributed by atoms with Crippen LogP contribution in [0.5, 0.6) is 0 Å². The van der Waals surface area contributed by atoms with Crippen LogP contribution in [0, 0.1) is 11.8 Å². The first kappa shape index (κ1) is 72.1. The second-order valence-electron chi connectivity index (χ2n) is 23.1. The SMILES string of the molecule is CCCCCC=CCC=CCCCCCCCC(=O)NCCCC(CCCCCCCC)C(CCCCCCCCCCCCCC)CCCCC(=O)NC(CO)C(O)C=CCCCCCCCCCCCCC. The molecule has 0 aliphatic heterocycles. The monoisotopic (exact) mass is 1040 g/mol. The average Bonchev–Trinajstić information content (AvgIpc) is 3.40. The molecule has 4 unspecified atom stereocenters. The molecule has 6 heteroatoms. The van der Waals surface area contributed by atoms with Gasteiger partial charge in [-0.3, -0.25) is 9.59 Å². The van der Waals surface area contributed by atoms with Crippen LogP contribution in [0.1, 0.15) is 349 Å². The molecule has 0 aromatic carbocycles. The highest BCUT2D eigenvalue weighted by molar-refractivity contribution is 5.76. The van der Waals surface area contributed by atoms with Gasteiger partial charge in [0.05, 0.1) is 18.8 Å². The summed E-state index contributed by atoms with van der Waals surface area (Å²) >= 11 is 0. The van der Waals surface area contributed by atoms with Crippen molar-refractivity contribution in [1.29, 1.82) is 0 Å². The lowest BCUT2D eigenvalue weighted by molar-refractivity contribution is -0.123. The van der Waals surface area contributed by atoms with E-state index in [0.29, 0.717) is 24.7 Å². The zero-order valence-corrected chi connectivity index (χ0v) is 50.3. The minimum atomic E-state index is -0.880. The third kappa shape index (κ3) is 52.1. The van der Waals surface area contributed by atoms with Gasteiger partial charge in [0.25, 0.3) is 0 Å². The van der Waals surface area contributed by atoms with Crippen LogP contribution in [0.4, 0.5) is 0 Å². The predicted octanol–water partition coefficient (Wildman–Crippen LogP) is 20.4. The van der Waals surface area contributed by atoms with E-state index in [0.717, 1.165) is 70.8 Å². The van der Waals surface area contributed by atoms with Gasteiger partial charge in [-0.05, 0) is 82.5 Å². The molecule has 74 heavy (non-hydrogen) atoms. The second kappa shape index (κ2) is 60.3. The smallest absolute Gasteiger partial charge is 0.220 e. The Morgan fingerprint density at radius 2 is 0.703 bits per heavy atom. The highest BCUT2D eigenvalue weighted by atomic mass is 16.3. The van der Waals surface area contributed by atoms with Crippen molar-refractivity contribution >= 4 is 11.8 Å². The number of aliphatic hydroxyl groups excluding tert-OH is 2. The third-order valence-corrected chi connectivity index (χ3v) is 15.9. The van der Waals surface area contributed by atoms with Crippen molar-refractivity contribution in [2.75, 3.05) is 13.2 Å². The van der Waals surface area contributed by atoms with Gasteiger partial charge < -0.3 is 20.8 Å². The van der Waals surface area contributed by atoms with Gasteiger partial charge in [0.15, 0.2) is 0 Å². The summed E-state index contributed by atoms with van der Waals surface area (Å²) in [5, 5.41) is 27.2. The minimum absolute atomic E-state index is 0.0708. The molecule has 0 heterocycles. The highest BCUT2D eigenvalue weighted by Gasteiger charge is 2.22. The third-order valence-electron chi connectivity index (χ3n) is 15.9. The van der Waals surface area contributed by atoms with Crippen molar-refractivity contribution in [3.8, 4) is 0 Å². The first-order valence-corrected chi connectivity index (χ1v) is 33.2. The number of carbonyl (C=O) groups excluding carboxylic acids is 2. The Morgan fingerprint density at radius 1 is 0.378 bits per heavy atom. The van der Waals surface area contributed by atoms with Gasteiger partial charge in [0.1, 0.15) is 0 Å². The zero-order chi connectivity index (χ0) is 53.9. The molecule has 0 aromatic rings. The molecule has 436 valence electrons. The molecule has 0 bridgehead atoms. The quantitative estimate of drug-likeness (QED) is 0.0360. The van der Waals surface area contributed by atoms with E-state index in [-0.39, 0.29) is 18.4 Å². The van der Waals surface area contributed by atoms with E-state index in [2.05, 4.69) is 62.6 Å². The van der Waals surface area contributed by atoms with Crippen molar-refractivity contribution in [2.24, 2.45) is 11.8 Å². The number of aliphatic hydroxyl groups is 2. The number of allylic oxidation sites excluding steroid dienone is 5. The molecule has 2 amide bonds. The molecule has 0 radical (unpaired) electrons. The van der Waals surface area contributed by atoms with Gasteiger partial charge in [0, 0.05) is 19.4 Å². The lowest BCUT2D eigenvalue weighted by atomic mass is 9.78. The number of amides is 2. The van der Waals surface area contributed by atoms with Crippen LogP contribution in [0.25, 0.3) is 0 Å². The van der Waals surface area contributed by atoms with Crippen LogP contribution in [0.15, 0.2) is 36.5 Å². The van der Waals surface area contributed by atoms with Gasteiger partial charge in [0.2, 0.25) is 11.8 Å². The zero-order valence-electron chi connectivity index (χ0n) is 50.3. The number of hydrogen-bond acceptors (Lipinski definition) is 4. The Bertz CT molecular complexity index is 1230. The Balaban J connectivity index is 5.08. The molecule has 0 aromatic heterocycles. The van der Waals surface area contributed by atoms with Gasteiger partial charge in [-0.1, -0.05) is 302 Å². The van der Waals surface area contributed by atoms with Gasteiger partial charge in [-0.25, -0.2) is 0 Å². The van der Waals surface area contributed by atoms with Crippen molar-refractivity contribution in [3.05, 3.63) is 36.5 Å². The lowest BCUT2D eigenvalue weighted by Crippen LogP contribution is -2.45. The summed E-state index contributed by atoms with van der Waals surface area (Å²) in [6, 6.07) is -0.669. The van der Waals surface area contributed by atoms with E-state index in [1.807, 2.05) is 6.08 Å². The Morgan fingerprint density at radius 3 is 1.15 bits per heavy atom. The van der Waals surface area contributed by atoms with Crippen molar-refractivity contribution < 1.29 is 19.8 Å². The Hall–Kier alpha value is -1.92. The Labute approximate surface area is 462 Å². The van der Waals surface area contributed by atoms with Crippen molar-refractivity contribution in [2.45, 2.75) is 361 Å². The second-order valence-corrected chi connectivity index (χ2v) is 23.1. The molecule has 0 aliphatic rings. The predicted molar refractivity (Wildman–Crippen MR) is 326 cm³/mol. The van der Waals surface area contributed by atoms with Gasteiger partial charge >= 0.3 is 0 Å². The van der Waals surface area contributed by atoms with Gasteiger partial charge in [-0.2, -0.15) is 0 Å². The van der Waals surface area contributed by atoms with E-state index < -0.39 is 12.1 Å². The van der Waals surface area contributed by atoms with Crippen LogP contribution < -0.4 is 10.6 Å². The number of hydrogen-bond donors (Lipinski definition) is 4. The van der Waals surface area contributed by atoms with E-state index >= 15 is 0 Å². The standard InChI is InChI=1S/C68H130N2O4/c1-5-9-13-17-21-24-27-30-31-33-36-39-42-46-50-59-67(73)69-61-53-57-64(55-47-43-20-16-12-8-4)63(54-48-44-40-37-34-29-26-23-19-15-11-7-3)56-51-52-60-68(74)70-65(62-71)66(72)58-49-45-41-38-35-32-28-25-22-18-14-10-6-2/h21,24,30-31,49,58,63-66,71-72H,5-20,22-23,25-29,32-48,50-57,59-62H2,1-4H3,(H,69,73)(H,70,74). The lowest BCUT2D eigenvalue weighted by Gasteiger charge is -2.28. The first-order chi connectivity index (χ1) is 36.4. The molecular formula is C68H130N2O4. The van der Waals surface area contributed by atoms with E-state index in [1.165, 1.54) is 244 Å². The Kier molecular flexibility index (Phi) is 58.7. The molecule has 0 saturated carbocycles. The minimum Gasteiger partial charge on any atom is -0.394 e. The van der Waals surface area contributed by atoms with Crippen LogP contribution in [-0.2, 0) is 9.59 Å². The maximum absolute atomic E-state index is 13.2. The molecule has 0 spiro atoms. The van der Waals surface area contributed by atoms with E-state index in [9.17, 15) is 19.8 Å². The fourth-order valence-electron chi connectivity index (χ4n) is 10.9. The molecule has 0 fully saturated rings. The maximum atomic E-state index is 13.2. The summed E-state index contributed by atoms with van der Waals surface area (Å²) in [5.41, 5.74) is 0. The normalized spacial score (nSPS) is 13.6. The summed E-state index contributed by atoms with van der Waals surface area (Å²) in [7, 11) is 0. The molecule has 4 N–H and O–H groups in total. The molecule has 0 rings (SSSR count). The maximum Gasteiger partial charge on any atom is 0.220 e. The highest BCUT2D eigenvalue weighted by Crippen LogP contribution is 2.33. The summed E-state index contributed by atoms with van der Waals surface area (Å²) in [4.78, 5) is 26.1. The van der Waals surface area contributed by atoms with Crippen molar-refractivity contribution in [1.82, 2.24) is 10.6 Å². The van der Waals surface area contributed by atoms with E-state index in [1.54, 1.807) is 6.08 Å². The number of rotatable bonds is 60. The van der Waals surface area contributed by atoms with E-state index in [4.69, 9.17) is 0 Å². The molecular weight excluding hydrogens is 909 g/mol. The summed E-state index contributed by atoms with van der Waals surface area (Å²) in [5.74, 6) is 1.46. The molecule has 0 saturated heterocycles. The van der Waals surface area contributed by atoms with Crippen LogP contribution in [0.3, 0.4) is 0 Å². The topological polar surface area (TPSA) is 98.7 Å².